The van der Waals surface area contributed by atoms with Gasteiger partial charge >= 0.3 is 0 Å². The van der Waals surface area contributed by atoms with Crippen LogP contribution >= 0.6 is 0 Å². The van der Waals surface area contributed by atoms with Crippen LogP contribution in [-0.2, 0) is 0 Å². The summed E-state index contributed by atoms with van der Waals surface area (Å²) in [5, 5.41) is 0. The Balaban J connectivity index is 1.61. The van der Waals surface area contributed by atoms with Gasteiger partial charge in [-0.2, -0.15) is 0 Å². The number of ether oxygens (including phenoxy) is 2. The first-order valence-electron chi connectivity index (χ1n) is 7.46. The molecule has 1 aromatic heterocycles. The Morgan fingerprint density at radius 1 is 1.00 bits per heavy atom. The monoisotopic (exact) mass is 298 g/mol. The van der Waals surface area contributed by atoms with Crippen LogP contribution in [0.4, 0.5) is 5.95 Å². The predicted molar refractivity (Wildman–Crippen MR) is 83.3 cm³/mol. The Morgan fingerprint density at radius 2 is 1.82 bits per heavy atom. The van der Waals surface area contributed by atoms with E-state index >= 15 is 0 Å². The zero-order valence-electron chi connectivity index (χ0n) is 12.5. The summed E-state index contributed by atoms with van der Waals surface area (Å²) < 4.78 is 10.8. The second kappa shape index (κ2) is 5.46. The number of fused-ring (bicyclic) bond motifs is 1. The smallest absolute Gasteiger partial charge is 0.231 e. The molecule has 0 aliphatic carbocycles. The Labute approximate surface area is 129 Å². The fraction of sp³-hybridized carbons (Fsp3) is 0.375. The lowest BCUT2D eigenvalue weighted by Crippen LogP contribution is -2.45. The first-order valence-corrected chi connectivity index (χ1v) is 7.46. The van der Waals surface area contributed by atoms with Gasteiger partial charge in [-0.25, -0.2) is 9.97 Å². The number of likely N-dealkylation sites (N-methyl/N-ethyl adjacent to an activating group) is 1. The molecule has 0 N–H and O–H groups in total. The summed E-state index contributed by atoms with van der Waals surface area (Å²) in [6.45, 7) is 4.28. The second-order valence-electron chi connectivity index (χ2n) is 5.60. The van der Waals surface area contributed by atoms with E-state index in [1.54, 1.807) is 0 Å². The molecule has 2 aliphatic rings. The molecule has 0 amide bonds. The maximum Gasteiger partial charge on any atom is 0.231 e. The van der Waals surface area contributed by atoms with Crippen molar-refractivity contribution in [1.82, 2.24) is 14.9 Å². The first kappa shape index (κ1) is 13.3. The second-order valence-corrected chi connectivity index (χ2v) is 5.60. The Hall–Kier alpha value is -2.34. The summed E-state index contributed by atoms with van der Waals surface area (Å²) in [6.07, 6.45) is 1.82. The van der Waals surface area contributed by atoms with E-state index in [-0.39, 0.29) is 6.79 Å². The predicted octanol–water partition coefficient (Wildman–Crippen LogP) is 1.62. The van der Waals surface area contributed by atoms with Crippen LogP contribution in [0.2, 0.25) is 0 Å². The number of hydrogen-bond donors (Lipinski definition) is 0. The van der Waals surface area contributed by atoms with Gasteiger partial charge in [0.05, 0.1) is 5.69 Å². The van der Waals surface area contributed by atoms with E-state index in [0.717, 1.165) is 54.9 Å². The zero-order chi connectivity index (χ0) is 14.9. The molecule has 0 unspecified atom stereocenters. The van der Waals surface area contributed by atoms with Crippen LogP contribution in [0, 0.1) is 0 Å². The molecule has 6 nitrogen and oxygen atoms in total. The quantitative estimate of drug-likeness (QED) is 0.840. The molecule has 0 bridgehead atoms. The Kier molecular flexibility index (Phi) is 3.31. The summed E-state index contributed by atoms with van der Waals surface area (Å²) in [4.78, 5) is 13.7. The zero-order valence-corrected chi connectivity index (χ0v) is 12.5. The van der Waals surface area contributed by atoms with Crippen LogP contribution < -0.4 is 14.4 Å². The molecule has 22 heavy (non-hydrogen) atoms. The maximum atomic E-state index is 5.44. The number of piperazine rings is 1. The third-order valence-electron chi connectivity index (χ3n) is 4.10. The average Bonchev–Trinajstić information content (AvgIpc) is 3.03. The van der Waals surface area contributed by atoms with Gasteiger partial charge in [-0.05, 0) is 31.3 Å². The molecular weight excluding hydrogens is 280 g/mol. The van der Waals surface area contributed by atoms with Crippen molar-refractivity contribution in [2.75, 3.05) is 44.9 Å². The molecule has 3 heterocycles. The minimum Gasteiger partial charge on any atom is -0.454 e. The summed E-state index contributed by atoms with van der Waals surface area (Å²) >= 11 is 0. The number of anilines is 1. The number of rotatable bonds is 2. The molecule has 1 aromatic carbocycles. The van der Waals surface area contributed by atoms with E-state index in [4.69, 9.17) is 14.5 Å². The van der Waals surface area contributed by atoms with Crippen molar-refractivity contribution in [2.45, 2.75) is 0 Å². The SMILES string of the molecule is CN1CCN(c2nccc(-c3ccc4c(c3)OCO4)n2)CC1. The highest BCUT2D eigenvalue weighted by Crippen LogP contribution is 2.35. The summed E-state index contributed by atoms with van der Waals surface area (Å²) in [6, 6.07) is 7.83. The normalized spacial score (nSPS) is 17.8. The fourth-order valence-corrected chi connectivity index (χ4v) is 2.72. The number of benzene rings is 1. The van der Waals surface area contributed by atoms with Gasteiger partial charge in [0.25, 0.3) is 0 Å². The standard InChI is InChI=1S/C16H18N4O2/c1-19-6-8-20(9-7-19)16-17-5-4-13(18-16)12-2-3-14-15(10-12)22-11-21-14/h2-5,10H,6-9,11H2,1H3. The van der Waals surface area contributed by atoms with E-state index in [1.807, 2.05) is 30.5 Å². The topological polar surface area (TPSA) is 50.7 Å². The van der Waals surface area contributed by atoms with Crippen molar-refractivity contribution in [3.63, 3.8) is 0 Å². The minimum absolute atomic E-state index is 0.287. The van der Waals surface area contributed by atoms with Crippen molar-refractivity contribution in [3.8, 4) is 22.8 Å². The molecule has 2 aromatic rings. The number of aromatic nitrogens is 2. The molecule has 1 fully saturated rings. The summed E-state index contributed by atoms with van der Waals surface area (Å²) in [5.74, 6) is 2.36. The van der Waals surface area contributed by atoms with Crippen molar-refractivity contribution < 1.29 is 9.47 Å². The van der Waals surface area contributed by atoms with Crippen molar-refractivity contribution in [1.29, 1.82) is 0 Å². The molecule has 0 atom stereocenters. The number of hydrogen-bond acceptors (Lipinski definition) is 6. The van der Waals surface area contributed by atoms with Crippen LogP contribution in [0.5, 0.6) is 11.5 Å². The Morgan fingerprint density at radius 3 is 2.68 bits per heavy atom. The van der Waals surface area contributed by atoms with Crippen molar-refractivity contribution in [2.24, 2.45) is 0 Å². The molecule has 114 valence electrons. The molecule has 0 saturated carbocycles. The van der Waals surface area contributed by atoms with E-state index in [0.29, 0.717) is 0 Å². The van der Waals surface area contributed by atoms with Gasteiger partial charge in [-0.15, -0.1) is 0 Å². The summed E-state index contributed by atoms with van der Waals surface area (Å²) in [5.41, 5.74) is 1.92. The molecule has 0 spiro atoms. The van der Waals surface area contributed by atoms with Gasteiger partial charge in [0.1, 0.15) is 0 Å². The van der Waals surface area contributed by atoms with Crippen LogP contribution in [-0.4, -0.2) is 54.9 Å². The lowest BCUT2D eigenvalue weighted by molar-refractivity contribution is 0.174. The average molecular weight is 298 g/mol. The van der Waals surface area contributed by atoms with Crippen LogP contribution in [0.3, 0.4) is 0 Å². The molecule has 4 rings (SSSR count). The number of nitrogens with zero attached hydrogens (tertiary/aromatic N) is 4. The fourth-order valence-electron chi connectivity index (χ4n) is 2.72. The Bertz CT molecular complexity index is 684. The van der Waals surface area contributed by atoms with Gasteiger partial charge in [0, 0.05) is 37.9 Å². The van der Waals surface area contributed by atoms with Gasteiger partial charge in [-0.3, -0.25) is 0 Å². The molecular formula is C16H18N4O2. The van der Waals surface area contributed by atoms with Gasteiger partial charge < -0.3 is 19.3 Å². The van der Waals surface area contributed by atoms with Gasteiger partial charge in [-0.1, -0.05) is 0 Å². The highest BCUT2D eigenvalue weighted by Gasteiger charge is 2.18. The van der Waals surface area contributed by atoms with E-state index in [2.05, 4.69) is 21.8 Å². The van der Waals surface area contributed by atoms with E-state index in [9.17, 15) is 0 Å². The maximum absolute atomic E-state index is 5.44. The van der Waals surface area contributed by atoms with Crippen LogP contribution in [0.25, 0.3) is 11.3 Å². The third kappa shape index (κ3) is 2.46. The first-order chi connectivity index (χ1) is 10.8. The van der Waals surface area contributed by atoms with Gasteiger partial charge in [0.2, 0.25) is 12.7 Å². The molecule has 6 heteroatoms. The highest BCUT2D eigenvalue weighted by atomic mass is 16.7. The van der Waals surface area contributed by atoms with Crippen LogP contribution in [0.15, 0.2) is 30.5 Å². The molecule has 2 aliphatic heterocycles. The molecule has 0 radical (unpaired) electrons. The minimum atomic E-state index is 0.287. The van der Waals surface area contributed by atoms with Gasteiger partial charge in [0.15, 0.2) is 11.5 Å². The largest absolute Gasteiger partial charge is 0.454 e. The van der Waals surface area contributed by atoms with Crippen molar-refractivity contribution in [3.05, 3.63) is 30.5 Å². The summed E-state index contributed by atoms with van der Waals surface area (Å²) in [7, 11) is 2.14. The third-order valence-corrected chi connectivity index (χ3v) is 4.10. The lowest BCUT2D eigenvalue weighted by atomic mass is 10.1. The van der Waals surface area contributed by atoms with E-state index in [1.165, 1.54) is 0 Å². The van der Waals surface area contributed by atoms with Crippen LogP contribution in [0.1, 0.15) is 0 Å². The van der Waals surface area contributed by atoms with Crippen molar-refractivity contribution >= 4 is 5.95 Å². The lowest BCUT2D eigenvalue weighted by Gasteiger charge is -2.32. The molecule has 1 saturated heterocycles. The van der Waals surface area contributed by atoms with E-state index < -0.39 is 0 Å². The highest BCUT2D eigenvalue weighted by molar-refractivity contribution is 5.65.